The Hall–Kier alpha value is -1.53. The van der Waals surface area contributed by atoms with E-state index in [0.717, 1.165) is 0 Å². The number of hydrogen-bond acceptors (Lipinski definition) is 3. The fourth-order valence-electron chi connectivity index (χ4n) is 0.810. The van der Waals surface area contributed by atoms with Gasteiger partial charge < -0.3 is 11.0 Å². The summed E-state index contributed by atoms with van der Waals surface area (Å²) in [6.07, 6.45) is 0. The second-order valence-corrected chi connectivity index (χ2v) is 2.33. The molecule has 0 atom stereocenters. The number of nitrogens with one attached hydrogen (secondary N) is 2. The molecule has 0 spiro atoms. The van der Waals surface area contributed by atoms with Crippen LogP contribution in [0.15, 0.2) is 24.3 Å². The van der Waals surface area contributed by atoms with Gasteiger partial charge >= 0.3 is 71.8 Å². The Bertz CT molecular complexity index is 294. The van der Waals surface area contributed by atoms with Gasteiger partial charge in [-0.05, 0) is 0 Å². The minimum atomic E-state index is -0.249. The summed E-state index contributed by atoms with van der Waals surface area (Å²) in [6.45, 7) is 0. The molecule has 0 saturated carbocycles. The number of urea groups is 1. The van der Waals surface area contributed by atoms with Crippen molar-refractivity contribution in [2.45, 2.75) is 0 Å². The van der Waals surface area contributed by atoms with Gasteiger partial charge in [0.1, 0.15) is 0 Å². The molecule has 2 amide bonds. The first-order valence-electron chi connectivity index (χ1n) is 3.56. The summed E-state index contributed by atoms with van der Waals surface area (Å²) in [5.41, 5.74) is 1.32. The molecule has 0 saturated heterocycles. The standard InChI is InChI=1S/C8H9BN2O.2H2O/c1-10-8(12)11-7-4-2-3-6(9)5-7;;/h2-5H,1H3,(H2,10,11,12);2*1H2/q+2;;/p-2. The van der Waals surface area contributed by atoms with Gasteiger partial charge in [-0.3, -0.25) is 0 Å². The third kappa shape index (κ3) is 4.49. The molecule has 0 radical (unpaired) electrons. The summed E-state index contributed by atoms with van der Waals surface area (Å²) >= 11 is 0. The number of rotatable bonds is 1. The Morgan fingerprint density at radius 2 is 2.00 bits per heavy atom. The fourth-order valence-corrected chi connectivity index (χ4v) is 0.810. The minimum absolute atomic E-state index is 0. The zero-order valence-corrected chi connectivity index (χ0v) is 7.69. The van der Waals surface area contributed by atoms with E-state index < -0.39 is 0 Å². The maximum absolute atomic E-state index is 10.8. The second kappa shape index (κ2) is 6.93. The molecule has 5 nitrogen and oxygen atoms in total. The summed E-state index contributed by atoms with van der Waals surface area (Å²) in [6, 6.07) is 6.75. The van der Waals surface area contributed by atoms with E-state index in [9.17, 15) is 4.79 Å². The van der Waals surface area contributed by atoms with Crippen LogP contribution in [0.2, 0.25) is 0 Å². The second-order valence-electron chi connectivity index (χ2n) is 2.33. The molecule has 1 aromatic rings. The monoisotopic (exact) mass is 194 g/mol. The van der Waals surface area contributed by atoms with Crippen LogP contribution >= 0.6 is 0 Å². The van der Waals surface area contributed by atoms with E-state index in [-0.39, 0.29) is 17.0 Å². The van der Waals surface area contributed by atoms with Crippen LogP contribution < -0.4 is 16.1 Å². The van der Waals surface area contributed by atoms with Crippen LogP contribution in [0.25, 0.3) is 0 Å². The first-order chi connectivity index (χ1) is 5.72. The molecule has 0 aliphatic rings. The molecule has 0 unspecified atom stereocenters. The van der Waals surface area contributed by atoms with Crippen molar-refractivity contribution >= 4 is 25.0 Å². The van der Waals surface area contributed by atoms with Crippen LogP contribution in [-0.4, -0.2) is 31.9 Å². The minimum Gasteiger partial charge on any atom is -0.870 e. The average molecular weight is 194 g/mol. The third-order valence-electron chi connectivity index (χ3n) is 1.37. The Labute approximate surface area is 83.5 Å². The molecule has 6 heteroatoms. The Morgan fingerprint density at radius 1 is 1.36 bits per heavy atom. The molecule has 0 aliphatic heterocycles. The van der Waals surface area contributed by atoms with Gasteiger partial charge in [-0.15, -0.1) is 0 Å². The van der Waals surface area contributed by atoms with Gasteiger partial charge in [0.15, 0.2) is 0 Å². The maximum atomic E-state index is 10.8. The first-order valence-corrected chi connectivity index (χ1v) is 3.56. The summed E-state index contributed by atoms with van der Waals surface area (Å²) < 4.78 is 0. The summed E-state index contributed by atoms with van der Waals surface area (Å²) in [5, 5.41) is 5.04. The molecule has 0 aromatic heterocycles. The number of benzene rings is 1. The molecule has 4 N–H and O–H groups in total. The van der Waals surface area contributed by atoms with E-state index in [4.69, 9.17) is 7.85 Å². The van der Waals surface area contributed by atoms with Crippen LogP contribution in [0.4, 0.5) is 10.5 Å². The van der Waals surface area contributed by atoms with Crippen molar-refractivity contribution in [2.75, 3.05) is 12.4 Å². The van der Waals surface area contributed by atoms with Crippen LogP contribution in [0.3, 0.4) is 0 Å². The fraction of sp³-hybridized carbons (Fsp3) is 0.125. The van der Waals surface area contributed by atoms with Gasteiger partial charge in [0.05, 0.1) is 0 Å². The van der Waals surface area contributed by atoms with E-state index in [0.29, 0.717) is 11.2 Å². The molecule has 14 heavy (non-hydrogen) atoms. The van der Waals surface area contributed by atoms with Crippen LogP contribution in [-0.2, 0) is 0 Å². The van der Waals surface area contributed by atoms with Crippen molar-refractivity contribution in [1.29, 1.82) is 0 Å². The number of amides is 2. The van der Waals surface area contributed by atoms with Crippen LogP contribution in [0, 0.1) is 0 Å². The van der Waals surface area contributed by atoms with E-state index in [2.05, 4.69) is 10.6 Å². The van der Waals surface area contributed by atoms with Crippen molar-refractivity contribution in [1.82, 2.24) is 5.32 Å². The van der Waals surface area contributed by atoms with E-state index in [1.165, 1.54) is 0 Å². The van der Waals surface area contributed by atoms with E-state index >= 15 is 0 Å². The molecule has 0 aliphatic carbocycles. The zero-order valence-electron chi connectivity index (χ0n) is 7.69. The predicted octanol–water partition coefficient (Wildman–Crippen LogP) is -0.122. The van der Waals surface area contributed by atoms with Crippen molar-refractivity contribution in [2.24, 2.45) is 0 Å². The smallest absolute Gasteiger partial charge is 0.870 e. The molecule has 0 fully saturated rings. The largest absolute Gasteiger partial charge is 0.870 e. The van der Waals surface area contributed by atoms with E-state index in [1.54, 1.807) is 31.3 Å². The molecule has 0 heterocycles. The van der Waals surface area contributed by atoms with Gasteiger partial charge in [0.25, 0.3) is 0 Å². The third-order valence-corrected chi connectivity index (χ3v) is 1.37. The van der Waals surface area contributed by atoms with Crippen LogP contribution in [0.1, 0.15) is 0 Å². The molecule has 1 rings (SSSR count). The molecule has 74 valence electrons. The topological polar surface area (TPSA) is 101 Å². The summed E-state index contributed by atoms with van der Waals surface area (Å²) in [4.78, 5) is 10.8. The van der Waals surface area contributed by atoms with Crippen molar-refractivity contribution in [3.05, 3.63) is 24.3 Å². The summed E-state index contributed by atoms with van der Waals surface area (Å²) in [7, 11) is 7.06. The molecular weight excluding hydrogens is 183 g/mol. The average Bonchev–Trinajstić information content (AvgIpc) is 2.04. The SMILES string of the molecule is [B+2]c1cccc(NC(=O)NC)c1.[OH-].[OH-]. The number of carbonyl (C=O) groups excluding carboxylic acids is 1. The molecule has 1 aromatic carbocycles. The molecule has 0 bridgehead atoms. The van der Waals surface area contributed by atoms with Gasteiger partial charge in [-0.1, -0.05) is 0 Å². The number of hydrogen-bond donors (Lipinski definition) is 2. The summed E-state index contributed by atoms with van der Waals surface area (Å²) in [5.74, 6) is 0. The van der Waals surface area contributed by atoms with E-state index in [1.807, 2.05) is 0 Å². The van der Waals surface area contributed by atoms with Gasteiger partial charge in [-0.25, -0.2) is 0 Å². The quantitative estimate of drug-likeness (QED) is 0.609. The number of anilines is 1. The van der Waals surface area contributed by atoms with Crippen molar-refractivity contribution in [3.8, 4) is 0 Å². The van der Waals surface area contributed by atoms with Gasteiger partial charge in [-0.2, -0.15) is 0 Å². The molecular formula is C8H11BN2O3. The normalized spacial score (nSPS) is 7.93. The van der Waals surface area contributed by atoms with Gasteiger partial charge in [0, 0.05) is 0 Å². The number of carbonyl (C=O) groups is 1. The van der Waals surface area contributed by atoms with Crippen LogP contribution in [0.5, 0.6) is 0 Å². The Morgan fingerprint density at radius 3 is 2.50 bits per heavy atom. The predicted molar refractivity (Wildman–Crippen MR) is 53.8 cm³/mol. The Balaban J connectivity index is 0. The maximum Gasteiger partial charge on any atom is -0.870 e. The van der Waals surface area contributed by atoms with Crippen molar-refractivity contribution in [3.63, 3.8) is 0 Å². The Kier molecular flexibility index (Phi) is 7.41. The van der Waals surface area contributed by atoms with Gasteiger partial charge in [0.2, 0.25) is 0 Å². The first kappa shape index (κ1) is 15.0. The van der Waals surface area contributed by atoms with Crippen molar-refractivity contribution < 1.29 is 15.7 Å². The zero-order chi connectivity index (χ0) is 8.97.